The van der Waals surface area contributed by atoms with Gasteiger partial charge in [-0.1, -0.05) is 0 Å². The van der Waals surface area contributed by atoms with Gasteiger partial charge in [0.15, 0.2) is 0 Å². The second-order valence-corrected chi connectivity index (χ2v) is 4.44. The van der Waals surface area contributed by atoms with Crippen LogP contribution in [0.4, 0.5) is 5.69 Å². The first-order chi connectivity index (χ1) is 8.34. The lowest BCUT2D eigenvalue weighted by atomic mass is 10.2. The van der Waals surface area contributed by atoms with E-state index in [2.05, 4.69) is 20.2 Å². The summed E-state index contributed by atoms with van der Waals surface area (Å²) in [5.74, 6) is 0. The SMILES string of the molecule is Nc1c(CN2CCNCC2)[nH]c2ncccc12. The molecule has 0 aliphatic carbocycles. The summed E-state index contributed by atoms with van der Waals surface area (Å²) >= 11 is 0. The number of anilines is 1. The zero-order valence-corrected chi connectivity index (χ0v) is 9.74. The predicted molar refractivity (Wildman–Crippen MR) is 68.7 cm³/mol. The van der Waals surface area contributed by atoms with Gasteiger partial charge >= 0.3 is 0 Å². The highest BCUT2D eigenvalue weighted by Gasteiger charge is 2.14. The Balaban J connectivity index is 1.87. The van der Waals surface area contributed by atoms with Gasteiger partial charge in [-0.2, -0.15) is 0 Å². The maximum absolute atomic E-state index is 6.14. The molecule has 1 aliphatic rings. The number of nitrogens with zero attached hydrogens (tertiary/aromatic N) is 2. The third kappa shape index (κ3) is 1.99. The van der Waals surface area contributed by atoms with E-state index in [0.29, 0.717) is 0 Å². The van der Waals surface area contributed by atoms with E-state index in [1.54, 1.807) is 6.20 Å². The van der Waals surface area contributed by atoms with Crippen LogP contribution >= 0.6 is 0 Å². The van der Waals surface area contributed by atoms with Crippen molar-refractivity contribution >= 4 is 16.7 Å². The van der Waals surface area contributed by atoms with Gasteiger partial charge in [-0.15, -0.1) is 0 Å². The van der Waals surface area contributed by atoms with E-state index in [1.165, 1.54) is 0 Å². The van der Waals surface area contributed by atoms with Crippen molar-refractivity contribution < 1.29 is 0 Å². The average molecular weight is 231 g/mol. The summed E-state index contributed by atoms with van der Waals surface area (Å²) < 4.78 is 0. The van der Waals surface area contributed by atoms with E-state index in [-0.39, 0.29) is 0 Å². The quantitative estimate of drug-likeness (QED) is 0.706. The molecule has 1 saturated heterocycles. The number of hydrogen-bond acceptors (Lipinski definition) is 4. The molecule has 0 spiro atoms. The molecule has 1 fully saturated rings. The summed E-state index contributed by atoms with van der Waals surface area (Å²) in [4.78, 5) is 10.0. The molecule has 90 valence electrons. The van der Waals surface area contributed by atoms with Crippen molar-refractivity contribution in [3.63, 3.8) is 0 Å². The number of rotatable bonds is 2. The summed E-state index contributed by atoms with van der Waals surface area (Å²) in [5, 5.41) is 4.37. The Hall–Kier alpha value is -1.59. The van der Waals surface area contributed by atoms with Crippen LogP contribution in [0.15, 0.2) is 18.3 Å². The summed E-state index contributed by atoms with van der Waals surface area (Å²) in [6, 6.07) is 3.93. The number of nitrogens with one attached hydrogen (secondary N) is 2. The molecule has 5 heteroatoms. The van der Waals surface area contributed by atoms with Crippen LogP contribution in [0.3, 0.4) is 0 Å². The van der Waals surface area contributed by atoms with E-state index < -0.39 is 0 Å². The van der Waals surface area contributed by atoms with Gasteiger partial charge in [0.25, 0.3) is 0 Å². The molecular formula is C12H17N5. The Labute approximate surface area is 100 Å². The summed E-state index contributed by atoms with van der Waals surface area (Å²) in [5.41, 5.74) is 8.95. The summed E-state index contributed by atoms with van der Waals surface area (Å²) in [6.07, 6.45) is 1.78. The van der Waals surface area contributed by atoms with Crippen molar-refractivity contribution in [2.45, 2.75) is 6.54 Å². The van der Waals surface area contributed by atoms with E-state index >= 15 is 0 Å². The van der Waals surface area contributed by atoms with Crippen LogP contribution in [0.1, 0.15) is 5.69 Å². The first-order valence-corrected chi connectivity index (χ1v) is 5.99. The van der Waals surface area contributed by atoms with Crippen molar-refractivity contribution in [1.29, 1.82) is 0 Å². The van der Waals surface area contributed by atoms with Gasteiger partial charge in [0.1, 0.15) is 5.65 Å². The second-order valence-electron chi connectivity index (χ2n) is 4.44. The van der Waals surface area contributed by atoms with Crippen LogP contribution in [0.5, 0.6) is 0 Å². The van der Waals surface area contributed by atoms with Gasteiger partial charge in [-0.3, -0.25) is 4.90 Å². The zero-order valence-electron chi connectivity index (χ0n) is 9.74. The lowest BCUT2D eigenvalue weighted by Crippen LogP contribution is -2.43. The molecule has 0 atom stereocenters. The minimum absolute atomic E-state index is 0.839. The summed E-state index contributed by atoms with van der Waals surface area (Å²) in [7, 11) is 0. The van der Waals surface area contributed by atoms with Crippen LogP contribution in [-0.4, -0.2) is 41.0 Å². The third-order valence-electron chi connectivity index (χ3n) is 3.28. The van der Waals surface area contributed by atoms with Crippen LogP contribution < -0.4 is 11.1 Å². The normalized spacial score (nSPS) is 17.6. The fourth-order valence-electron chi connectivity index (χ4n) is 2.31. The van der Waals surface area contributed by atoms with Crippen molar-refractivity contribution in [3.8, 4) is 0 Å². The molecule has 0 bridgehead atoms. The molecule has 0 saturated carbocycles. The van der Waals surface area contributed by atoms with E-state index in [1.807, 2.05) is 12.1 Å². The van der Waals surface area contributed by atoms with Crippen LogP contribution in [0, 0.1) is 0 Å². The van der Waals surface area contributed by atoms with Crippen LogP contribution in [0.25, 0.3) is 11.0 Å². The number of pyridine rings is 1. The third-order valence-corrected chi connectivity index (χ3v) is 3.28. The van der Waals surface area contributed by atoms with Gasteiger partial charge in [-0.25, -0.2) is 4.98 Å². The fourth-order valence-corrected chi connectivity index (χ4v) is 2.31. The number of hydrogen-bond donors (Lipinski definition) is 3. The first kappa shape index (κ1) is 10.6. The average Bonchev–Trinajstić information content (AvgIpc) is 2.68. The number of nitrogen functional groups attached to an aromatic ring is 1. The van der Waals surface area contributed by atoms with Gasteiger partial charge in [-0.05, 0) is 12.1 Å². The number of piperazine rings is 1. The minimum atomic E-state index is 0.839. The van der Waals surface area contributed by atoms with E-state index in [0.717, 1.165) is 55.1 Å². The standard InChI is InChI=1S/C12H17N5/c13-11-9-2-1-3-15-12(9)16-10(11)8-17-6-4-14-5-7-17/h1-3,14H,4-8,13H2,(H,15,16). The van der Waals surface area contributed by atoms with Crippen molar-refractivity contribution in [3.05, 3.63) is 24.0 Å². The zero-order chi connectivity index (χ0) is 11.7. The molecule has 0 unspecified atom stereocenters. The predicted octanol–water partition coefficient (Wildman–Crippen LogP) is 0.550. The Morgan fingerprint density at radius 3 is 2.94 bits per heavy atom. The van der Waals surface area contributed by atoms with Crippen molar-refractivity contribution in [2.75, 3.05) is 31.9 Å². The van der Waals surface area contributed by atoms with Gasteiger partial charge in [0.05, 0.1) is 11.4 Å². The maximum atomic E-state index is 6.14. The lowest BCUT2D eigenvalue weighted by Gasteiger charge is -2.26. The Kier molecular flexibility index (Phi) is 2.70. The molecule has 17 heavy (non-hydrogen) atoms. The van der Waals surface area contributed by atoms with Crippen LogP contribution in [0.2, 0.25) is 0 Å². The van der Waals surface area contributed by atoms with Gasteiger partial charge < -0.3 is 16.0 Å². The van der Waals surface area contributed by atoms with Crippen LogP contribution in [-0.2, 0) is 6.54 Å². The molecular weight excluding hydrogens is 214 g/mol. The van der Waals surface area contributed by atoms with Crippen molar-refractivity contribution in [1.82, 2.24) is 20.2 Å². The molecule has 0 radical (unpaired) electrons. The van der Waals surface area contributed by atoms with E-state index in [4.69, 9.17) is 5.73 Å². The number of H-pyrrole nitrogens is 1. The number of fused-ring (bicyclic) bond motifs is 1. The van der Waals surface area contributed by atoms with E-state index in [9.17, 15) is 0 Å². The molecule has 1 aliphatic heterocycles. The molecule has 0 aromatic carbocycles. The molecule has 0 amide bonds. The molecule has 3 rings (SSSR count). The molecule has 2 aromatic heterocycles. The highest BCUT2D eigenvalue weighted by atomic mass is 15.2. The van der Waals surface area contributed by atoms with Gasteiger partial charge in [0.2, 0.25) is 0 Å². The smallest absolute Gasteiger partial charge is 0.139 e. The highest BCUT2D eigenvalue weighted by Crippen LogP contribution is 2.23. The molecule has 5 nitrogen and oxygen atoms in total. The highest BCUT2D eigenvalue weighted by molar-refractivity contribution is 5.90. The molecule has 3 heterocycles. The largest absolute Gasteiger partial charge is 0.397 e. The topological polar surface area (TPSA) is 70.0 Å². The summed E-state index contributed by atoms with van der Waals surface area (Å²) in [6.45, 7) is 5.13. The monoisotopic (exact) mass is 231 g/mol. The second kappa shape index (κ2) is 4.35. The maximum Gasteiger partial charge on any atom is 0.139 e. The van der Waals surface area contributed by atoms with Gasteiger partial charge in [0, 0.05) is 44.3 Å². The Morgan fingerprint density at radius 2 is 2.18 bits per heavy atom. The number of nitrogens with two attached hydrogens (primary N) is 1. The molecule has 2 aromatic rings. The molecule has 4 N–H and O–H groups in total. The first-order valence-electron chi connectivity index (χ1n) is 5.99. The number of aromatic nitrogens is 2. The number of aromatic amines is 1. The Morgan fingerprint density at radius 1 is 1.35 bits per heavy atom. The van der Waals surface area contributed by atoms with Crippen molar-refractivity contribution in [2.24, 2.45) is 0 Å². The Bertz CT molecular complexity index is 513. The lowest BCUT2D eigenvalue weighted by molar-refractivity contribution is 0.231. The fraction of sp³-hybridized carbons (Fsp3) is 0.417. The minimum Gasteiger partial charge on any atom is -0.397 e.